The van der Waals surface area contributed by atoms with Crippen LogP contribution in [0.1, 0.15) is 36.8 Å². The summed E-state index contributed by atoms with van der Waals surface area (Å²) in [6.07, 6.45) is 3.29. The van der Waals surface area contributed by atoms with Crippen molar-refractivity contribution in [2.24, 2.45) is 0 Å². The molecule has 3 heterocycles. The quantitative estimate of drug-likeness (QED) is 0.741. The number of thiazole rings is 1. The van der Waals surface area contributed by atoms with Crippen LogP contribution in [0.3, 0.4) is 0 Å². The highest BCUT2D eigenvalue weighted by Crippen LogP contribution is 2.29. The zero-order valence-corrected chi connectivity index (χ0v) is 15.5. The van der Waals surface area contributed by atoms with E-state index < -0.39 is 0 Å². The maximum absolute atomic E-state index is 12.6. The predicted octanol–water partition coefficient (Wildman–Crippen LogP) is 3.99. The Morgan fingerprint density at radius 2 is 2.19 bits per heavy atom. The summed E-state index contributed by atoms with van der Waals surface area (Å²) >= 11 is 3.05. The van der Waals surface area contributed by atoms with E-state index in [4.69, 9.17) is 10.00 Å². The first-order chi connectivity index (χ1) is 12.7. The molecular formula is C19H15N3O2S2. The van der Waals surface area contributed by atoms with Gasteiger partial charge in [0.05, 0.1) is 30.4 Å². The lowest BCUT2D eigenvalue weighted by Gasteiger charge is -2.13. The van der Waals surface area contributed by atoms with Gasteiger partial charge in [0.1, 0.15) is 0 Å². The molecule has 0 atom stereocenters. The summed E-state index contributed by atoms with van der Waals surface area (Å²) in [7, 11) is 0. The number of rotatable bonds is 4. The van der Waals surface area contributed by atoms with E-state index in [9.17, 15) is 4.79 Å². The van der Waals surface area contributed by atoms with Crippen molar-refractivity contribution in [2.45, 2.75) is 19.4 Å². The third-order valence-corrected chi connectivity index (χ3v) is 6.11. The molecule has 4 rings (SSSR count). The number of ether oxygens (including phenoxy) is 1. The molecule has 130 valence electrons. The summed E-state index contributed by atoms with van der Waals surface area (Å²) < 4.78 is 5.43. The van der Waals surface area contributed by atoms with E-state index in [1.54, 1.807) is 17.5 Å². The Morgan fingerprint density at radius 3 is 3.00 bits per heavy atom. The molecule has 3 aromatic rings. The number of nitriles is 1. The number of carbonyl (C=O) groups excluding carboxylic acids is 1. The van der Waals surface area contributed by atoms with Crippen molar-refractivity contribution in [3.8, 4) is 6.07 Å². The summed E-state index contributed by atoms with van der Waals surface area (Å²) in [5.74, 6) is -0.108. The van der Waals surface area contributed by atoms with E-state index >= 15 is 0 Å². The molecule has 5 nitrogen and oxygen atoms in total. The number of hydrogen-bond donors (Lipinski definition) is 1. The number of hydrogen-bond acceptors (Lipinski definition) is 6. The largest absolute Gasteiger partial charge is 0.376 e. The summed E-state index contributed by atoms with van der Waals surface area (Å²) in [4.78, 5) is 19.1. The molecule has 1 aromatic carbocycles. The molecule has 7 heteroatoms. The SMILES string of the molecule is N#Cc1ccc(Cc2cnc(NC(=O)c3csc4c3CCOC4)s2)cc1. The summed E-state index contributed by atoms with van der Waals surface area (Å²) in [6, 6.07) is 9.61. The van der Waals surface area contributed by atoms with Gasteiger partial charge in [-0.25, -0.2) is 4.98 Å². The number of fused-ring (bicyclic) bond motifs is 1. The third-order valence-electron chi connectivity index (χ3n) is 4.19. The van der Waals surface area contributed by atoms with E-state index in [0.29, 0.717) is 23.9 Å². The minimum Gasteiger partial charge on any atom is -0.376 e. The molecule has 26 heavy (non-hydrogen) atoms. The van der Waals surface area contributed by atoms with Crippen molar-refractivity contribution >= 4 is 33.7 Å². The van der Waals surface area contributed by atoms with Crippen LogP contribution < -0.4 is 5.32 Å². The lowest BCUT2D eigenvalue weighted by Crippen LogP contribution is -2.16. The summed E-state index contributed by atoms with van der Waals surface area (Å²) in [5.41, 5.74) is 3.60. The van der Waals surface area contributed by atoms with E-state index in [0.717, 1.165) is 39.3 Å². The molecule has 1 amide bonds. The fraction of sp³-hybridized carbons (Fsp3) is 0.211. The van der Waals surface area contributed by atoms with E-state index in [1.807, 2.05) is 29.6 Å². The first kappa shape index (κ1) is 16.9. The van der Waals surface area contributed by atoms with Crippen LogP contribution in [-0.2, 0) is 24.2 Å². The molecule has 0 saturated heterocycles. The molecule has 0 unspecified atom stereocenters. The molecule has 1 N–H and O–H groups in total. The predicted molar refractivity (Wildman–Crippen MR) is 102 cm³/mol. The topological polar surface area (TPSA) is 75.0 Å². The third kappa shape index (κ3) is 3.53. The minimum atomic E-state index is -0.108. The Morgan fingerprint density at radius 1 is 1.35 bits per heavy atom. The van der Waals surface area contributed by atoms with Gasteiger partial charge in [0.15, 0.2) is 5.13 Å². The van der Waals surface area contributed by atoms with Crippen LogP contribution in [-0.4, -0.2) is 17.5 Å². The molecule has 0 aliphatic carbocycles. The van der Waals surface area contributed by atoms with Gasteiger partial charge in [-0.05, 0) is 29.7 Å². The van der Waals surface area contributed by atoms with Crippen LogP contribution in [0.5, 0.6) is 0 Å². The minimum absolute atomic E-state index is 0.108. The van der Waals surface area contributed by atoms with E-state index in [2.05, 4.69) is 16.4 Å². The standard InChI is InChI=1S/C19H15N3O2S2/c20-8-13-3-1-12(2-4-13)7-14-9-21-19(26-14)22-18(23)16-11-25-17-10-24-6-5-15(16)17/h1-4,9,11H,5-7,10H2,(H,21,22,23). The van der Waals surface area contributed by atoms with Gasteiger partial charge >= 0.3 is 0 Å². The van der Waals surface area contributed by atoms with Gasteiger partial charge in [-0.2, -0.15) is 5.26 Å². The van der Waals surface area contributed by atoms with Crippen molar-refractivity contribution in [1.82, 2.24) is 4.98 Å². The highest BCUT2D eigenvalue weighted by molar-refractivity contribution is 7.15. The average Bonchev–Trinajstić information content (AvgIpc) is 3.29. The monoisotopic (exact) mass is 381 g/mol. The van der Waals surface area contributed by atoms with Crippen LogP contribution in [0, 0.1) is 11.3 Å². The van der Waals surface area contributed by atoms with Crippen molar-refractivity contribution in [3.63, 3.8) is 0 Å². The van der Waals surface area contributed by atoms with Gasteiger partial charge in [-0.15, -0.1) is 22.7 Å². The molecular weight excluding hydrogens is 366 g/mol. The lowest BCUT2D eigenvalue weighted by molar-refractivity contribution is 0.101. The lowest BCUT2D eigenvalue weighted by atomic mass is 10.1. The van der Waals surface area contributed by atoms with Gasteiger partial charge in [-0.1, -0.05) is 12.1 Å². The number of thiophene rings is 1. The highest BCUT2D eigenvalue weighted by Gasteiger charge is 2.21. The average molecular weight is 381 g/mol. The fourth-order valence-corrected chi connectivity index (χ4v) is 4.71. The van der Waals surface area contributed by atoms with Gasteiger partial charge in [0, 0.05) is 27.8 Å². The Labute approximate surface area is 158 Å². The zero-order chi connectivity index (χ0) is 17.9. The first-order valence-electron chi connectivity index (χ1n) is 8.15. The van der Waals surface area contributed by atoms with Gasteiger partial charge in [-0.3, -0.25) is 10.1 Å². The zero-order valence-electron chi connectivity index (χ0n) is 13.8. The van der Waals surface area contributed by atoms with Crippen LogP contribution in [0.25, 0.3) is 0 Å². The second-order valence-corrected chi connectivity index (χ2v) is 8.00. The molecule has 0 saturated carbocycles. The molecule has 0 spiro atoms. The van der Waals surface area contributed by atoms with Crippen molar-refractivity contribution < 1.29 is 9.53 Å². The van der Waals surface area contributed by atoms with Crippen molar-refractivity contribution in [2.75, 3.05) is 11.9 Å². The second kappa shape index (κ2) is 7.38. The van der Waals surface area contributed by atoms with Crippen LogP contribution in [0.2, 0.25) is 0 Å². The van der Waals surface area contributed by atoms with Crippen LogP contribution >= 0.6 is 22.7 Å². The number of anilines is 1. The van der Waals surface area contributed by atoms with E-state index in [1.165, 1.54) is 11.3 Å². The van der Waals surface area contributed by atoms with E-state index in [-0.39, 0.29) is 5.91 Å². The normalized spacial score (nSPS) is 13.0. The number of aromatic nitrogens is 1. The second-order valence-electron chi connectivity index (χ2n) is 5.93. The molecule has 2 aromatic heterocycles. The first-order valence-corrected chi connectivity index (χ1v) is 9.84. The van der Waals surface area contributed by atoms with Gasteiger partial charge < -0.3 is 4.74 Å². The number of nitrogens with one attached hydrogen (secondary N) is 1. The van der Waals surface area contributed by atoms with Gasteiger partial charge in [0.2, 0.25) is 0 Å². The summed E-state index contributed by atoms with van der Waals surface area (Å²) in [5, 5.41) is 14.3. The number of carbonyl (C=O) groups is 1. The molecule has 1 aliphatic rings. The molecule has 0 radical (unpaired) electrons. The Balaban J connectivity index is 1.44. The van der Waals surface area contributed by atoms with Crippen LogP contribution in [0.4, 0.5) is 5.13 Å². The Hall–Kier alpha value is -2.53. The number of benzene rings is 1. The number of amides is 1. The van der Waals surface area contributed by atoms with Crippen LogP contribution in [0.15, 0.2) is 35.8 Å². The maximum Gasteiger partial charge on any atom is 0.258 e. The molecule has 0 fully saturated rings. The maximum atomic E-state index is 12.6. The Kier molecular flexibility index (Phi) is 4.80. The Bertz CT molecular complexity index is 983. The van der Waals surface area contributed by atoms with Crippen molar-refractivity contribution in [3.05, 3.63) is 67.9 Å². The highest BCUT2D eigenvalue weighted by atomic mass is 32.1. The number of nitrogens with zero attached hydrogens (tertiary/aromatic N) is 2. The van der Waals surface area contributed by atoms with Gasteiger partial charge in [0.25, 0.3) is 5.91 Å². The molecule has 0 bridgehead atoms. The smallest absolute Gasteiger partial charge is 0.258 e. The van der Waals surface area contributed by atoms with Crippen molar-refractivity contribution in [1.29, 1.82) is 5.26 Å². The molecule has 1 aliphatic heterocycles. The summed E-state index contributed by atoms with van der Waals surface area (Å²) in [6.45, 7) is 1.26. The fourth-order valence-electron chi connectivity index (χ4n) is 2.86.